The van der Waals surface area contributed by atoms with Gasteiger partial charge in [-0.3, -0.25) is 4.79 Å². The third-order valence-corrected chi connectivity index (χ3v) is 1.67. The van der Waals surface area contributed by atoms with E-state index in [1.165, 1.54) is 0 Å². The van der Waals surface area contributed by atoms with Gasteiger partial charge in [0.2, 0.25) is 0 Å². The number of amides is 1. The molecule has 0 saturated heterocycles. The number of carbonyl (C=O) groups is 1. The molecule has 0 atom stereocenters. The summed E-state index contributed by atoms with van der Waals surface area (Å²) in [5.74, 6) is 0. The zero-order valence-electron chi connectivity index (χ0n) is 5.28. The molecule has 0 saturated carbocycles. The van der Waals surface area contributed by atoms with Crippen LogP contribution in [-0.2, 0) is 0 Å². The summed E-state index contributed by atoms with van der Waals surface area (Å²) in [6, 6.07) is 9.31. The lowest BCUT2D eigenvalue weighted by molar-refractivity contribution is 0.267. The van der Waals surface area contributed by atoms with Crippen molar-refractivity contribution in [1.82, 2.24) is 0 Å². The highest BCUT2D eigenvalue weighted by Crippen LogP contribution is 2.15. The Balaban J connectivity index is 2.67. The van der Waals surface area contributed by atoms with E-state index in [1.807, 2.05) is 30.3 Å². The minimum atomic E-state index is -0.369. The fraction of sp³-hybridized carbons (Fsp3) is 0. The molecule has 0 spiro atoms. The predicted octanol–water partition coefficient (Wildman–Crippen LogP) is 1.86. The molecule has 3 heteroatoms. The highest BCUT2D eigenvalue weighted by molar-refractivity contribution is 8.13. The molecule has 0 bridgehead atoms. The fourth-order valence-electron chi connectivity index (χ4n) is 0.605. The second-order valence-corrected chi connectivity index (χ2v) is 2.81. The maximum Gasteiger partial charge on any atom is 0.281 e. The van der Waals surface area contributed by atoms with Crippen LogP contribution < -0.4 is 5.73 Å². The predicted molar refractivity (Wildman–Crippen MR) is 41.9 cm³/mol. The van der Waals surface area contributed by atoms with Gasteiger partial charge in [-0.25, -0.2) is 0 Å². The van der Waals surface area contributed by atoms with E-state index >= 15 is 0 Å². The van der Waals surface area contributed by atoms with Gasteiger partial charge in [0, 0.05) is 4.90 Å². The van der Waals surface area contributed by atoms with E-state index < -0.39 is 0 Å². The normalized spacial score (nSPS) is 9.20. The molecule has 0 aliphatic rings. The number of rotatable bonds is 1. The van der Waals surface area contributed by atoms with Gasteiger partial charge < -0.3 is 5.73 Å². The molecule has 2 N–H and O–H groups in total. The number of hydrogen-bond donors (Lipinski definition) is 1. The topological polar surface area (TPSA) is 43.1 Å². The van der Waals surface area contributed by atoms with Gasteiger partial charge in [0.25, 0.3) is 5.24 Å². The second kappa shape index (κ2) is 3.27. The summed E-state index contributed by atoms with van der Waals surface area (Å²) >= 11 is 1.04. The van der Waals surface area contributed by atoms with E-state index in [4.69, 9.17) is 5.73 Å². The zero-order valence-corrected chi connectivity index (χ0v) is 6.10. The van der Waals surface area contributed by atoms with Gasteiger partial charge in [-0.1, -0.05) is 18.2 Å². The first-order valence-corrected chi connectivity index (χ1v) is 3.63. The van der Waals surface area contributed by atoms with Gasteiger partial charge >= 0.3 is 0 Å². The summed E-state index contributed by atoms with van der Waals surface area (Å²) in [5, 5.41) is -0.369. The first-order chi connectivity index (χ1) is 4.79. The smallest absolute Gasteiger partial charge is 0.281 e. The van der Waals surface area contributed by atoms with Crippen molar-refractivity contribution < 1.29 is 4.79 Å². The average molecular weight is 153 g/mol. The molecular weight excluding hydrogens is 146 g/mol. The highest BCUT2D eigenvalue weighted by atomic mass is 32.2. The third kappa shape index (κ3) is 2.11. The maximum absolute atomic E-state index is 10.4. The molecular formula is C7H7NOS. The monoisotopic (exact) mass is 153 g/mol. The van der Waals surface area contributed by atoms with E-state index in [9.17, 15) is 4.79 Å². The number of hydrogen-bond acceptors (Lipinski definition) is 2. The Morgan fingerprint density at radius 2 is 1.90 bits per heavy atom. The minimum Gasteiger partial charge on any atom is -0.360 e. The van der Waals surface area contributed by atoms with E-state index in [-0.39, 0.29) is 5.24 Å². The number of nitrogens with two attached hydrogens (primary N) is 1. The van der Waals surface area contributed by atoms with Crippen LogP contribution in [0.3, 0.4) is 0 Å². The van der Waals surface area contributed by atoms with Crippen LogP contribution in [0.4, 0.5) is 4.79 Å². The quantitative estimate of drug-likeness (QED) is 0.626. The van der Waals surface area contributed by atoms with E-state index in [2.05, 4.69) is 0 Å². The molecule has 10 heavy (non-hydrogen) atoms. The van der Waals surface area contributed by atoms with Crippen molar-refractivity contribution in [2.24, 2.45) is 5.73 Å². The SMILES string of the molecule is NC(=O)Sc1ccccc1. The number of benzene rings is 1. The van der Waals surface area contributed by atoms with Crippen LogP contribution in [0.1, 0.15) is 0 Å². The number of thioether (sulfide) groups is 1. The van der Waals surface area contributed by atoms with Crippen LogP contribution in [0, 0.1) is 0 Å². The van der Waals surface area contributed by atoms with Gasteiger partial charge in [-0.15, -0.1) is 0 Å². The Morgan fingerprint density at radius 3 is 2.40 bits per heavy atom. The summed E-state index contributed by atoms with van der Waals surface area (Å²) in [6.45, 7) is 0. The van der Waals surface area contributed by atoms with Crippen LogP contribution in [0.15, 0.2) is 35.2 Å². The molecule has 0 heterocycles. The van der Waals surface area contributed by atoms with Crippen molar-refractivity contribution in [3.63, 3.8) is 0 Å². The molecule has 0 fully saturated rings. The molecule has 1 rings (SSSR count). The Labute approximate surface area is 63.4 Å². The lowest BCUT2D eigenvalue weighted by Gasteiger charge is -1.92. The van der Waals surface area contributed by atoms with E-state index in [0.29, 0.717) is 0 Å². The number of carbonyl (C=O) groups excluding carboxylic acids is 1. The van der Waals surface area contributed by atoms with Crippen LogP contribution >= 0.6 is 11.8 Å². The molecule has 0 aliphatic carbocycles. The molecule has 0 unspecified atom stereocenters. The highest BCUT2D eigenvalue weighted by Gasteiger charge is 1.95. The molecule has 1 aromatic rings. The first-order valence-electron chi connectivity index (χ1n) is 2.81. The summed E-state index contributed by atoms with van der Waals surface area (Å²) < 4.78 is 0. The molecule has 0 radical (unpaired) electrons. The van der Waals surface area contributed by atoms with Gasteiger partial charge in [0.1, 0.15) is 0 Å². The largest absolute Gasteiger partial charge is 0.360 e. The molecule has 0 aromatic heterocycles. The van der Waals surface area contributed by atoms with Gasteiger partial charge in [0.15, 0.2) is 0 Å². The van der Waals surface area contributed by atoms with Crippen LogP contribution in [0.5, 0.6) is 0 Å². The molecule has 1 amide bonds. The summed E-state index contributed by atoms with van der Waals surface area (Å²) in [6.07, 6.45) is 0. The van der Waals surface area contributed by atoms with E-state index in [1.54, 1.807) is 0 Å². The Kier molecular flexibility index (Phi) is 2.34. The molecule has 0 aliphatic heterocycles. The van der Waals surface area contributed by atoms with Gasteiger partial charge in [-0.05, 0) is 23.9 Å². The summed E-state index contributed by atoms with van der Waals surface area (Å²) in [5.41, 5.74) is 4.95. The maximum atomic E-state index is 10.4. The summed E-state index contributed by atoms with van der Waals surface area (Å²) in [4.78, 5) is 11.2. The van der Waals surface area contributed by atoms with Crippen LogP contribution in [0.2, 0.25) is 0 Å². The van der Waals surface area contributed by atoms with Crippen LogP contribution in [-0.4, -0.2) is 5.24 Å². The summed E-state index contributed by atoms with van der Waals surface area (Å²) in [7, 11) is 0. The lowest BCUT2D eigenvalue weighted by atomic mass is 10.4. The Hall–Kier alpha value is -0.960. The van der Waals surface area contributed by atoms with Crippen LogP contribution in [0.25, 0.3) is 0 Å². The van der Waals surface area contributed by atoms with Gasteiger partial charge in [0.05, 0.1) is 0 Å². The molecule has 2 nitrogen and oxygen atoms in total. The Bertz CT molecular complexity index is 222. The Morgan fingerprint density at radius 1 is 1.30 bits per heavy atom. The third-order valence-electron chi connectivity index (χ3n) is 0.962. The van der Waals surface area contributed by atoms with Crippen molar-refractivity contribution >= 4 is 17.0 Å². The average Bonchev–Trinajstić information content (AvgIpc) is 1.88. The zero-order chi connectivity index (χ0) is 7.40. The molecule has 1 aromatic carbocycles. The molecule has 52 valence electrons. The number of primary amides is 1. The van der Waals surface area contributed by atoms with Crippen molar-refractivity contribution in [3.8, 4) is 0 Å². The van der Waals surface area contributed by atoms with Crippen molar-refractivity contribution in [3.05, 3.63) is 30.3 Å². The van der Waals surface area contributed by atoms with E-state index in [0.717, 1.165) is 16.7 Å². The lowest BCUT2D eigenvalue weighted by Crippen LogP contribution is -2.00. The van der Waals surface area contributed by atoms with Crippen molar-refractivity contribution in [2.45, 2.75) is 4.90 Å². The van der Waals surface area contributed by atoms with Gasteiger partial charge in [-0.2, -0.15) is 0 Å². The fourth-order valence-corrected chi connectivity index (χ4v) is 1.13. The van der Waals surface area contributed by atoms with Crippen molar-refractivity contribution in [2.75, 3.05) is 0 Å². The second-order valence-electron chi connectivity index (χ2n) is 1.73. The minimum absolute atomic E-state index is 0.369. The van der Waals surface area contributed by atoms with Crippen molar-refractivity contribution in [1.29, 1.82) is 0 Å². The first kappa shape index (κ1) is 7.15. The standard InChI is InChI=1S/C7H7NOS/c8-7(9)10-6-4-2-1-3-5-6/h1-5H,(H2,8,9).